The fourth-order valence-corrected chi connectivity index (χ4v) is 2.52. The lowest BCUT2D eigenvalue weighted by molar-refractivity contribution is 0.0483. The summed E-state index contributed by atoms with van der Waals surface area (Å²) in [4.78, 5) is 25.4. The van der Waals surface area contributed by atoms with Gasteiger partial charge in [-0.05, 0) is 41.6 Å². The first-order valence-corrected chi connectivity index (χ1v) is 6.31. The van der Waals surface area contributed by atoms with E-state index in [4.69, 9.17) is 4.74 Å². The number of nitrogens with zero attached hydrogens (tertiary/aromatic N) is 1. The molecule has 1 aliphatic heterocycles. The minimum absolute atomic E-state index is 0.158. The van der Waals surface area contributed by atoms with Gasteiger partial charge in [-0.1, -0.05) is 6.07 Å². The zero-order valence-corrected chi connectivity index (χ0v) is 11.7. The monoisotopic (exact) mass is 345 g/mol. The van der Waals surface area contributed by atoms with Crippen molar-refractivity contribution < 1.29 is 14.3 Å². The number of fused-ring (bicyclic) bond motifs is 1. The molecule has 0 saturated heterocycles. The lowest BCUT2D eigenvalue weighted by Crippen LogP contribution is -2.36. The number of methoxy groups -OCH3 is 1. The van der Waals surface area contributed by atoms with E-state index in [1.54, 1.807) is 19.2 Å². The molecular weight excluding hydrogens is 333 g/mol. The highest BCUT2D eigenvalue weighted by atomic mass is 127. The molecule has 0 fully saturated rings. The van der Waals surface area contributed by atoms with Gasteiger partial charge < -0.3 is 4.74 Å². The van der Waals surface area contributed by atoms with Gasteiger partial charge in [0.15, 0.2) is 0 Å². The Bertz CT molecular complexity index is 487. The van der Waals surface area contributed by atoms with Crippen LogP contribution in [-0.4, -0.2) is 36.5 Å². The van der Waals surface area contributed by atoms with Gasteiger partial charge in [-0.2, -0.15) is 0 Å². The molecule has 5 heteroatoms. The van der Waals surface area contributed by atoms with Gasteiger partial charge in [0.05, 0.1) is 23.8 Å². The van der Waals surface area contributed by atoms with E-state index in [-0.39, 0.29) is 17.9 Å². The van der Waals surface area contributed by atoms with Crippen LogP contribution in [0.5, 0.6) is 0 Å². The van der Waals surface area contributed by atoms with Crippen molar-refractivity contribution in [1.29, 1.82) is 0 Å². The van der Waals surface area contributed by atoms with Crippen molar-refractivity contribution in [3.05, 3.63) is 32.9 Å². The molecule has 1 unspecified atom stereocenters. The molecule has 0 aromatic heterocycles. The van der Waals surface area contributed by atoms with E-state index in [1.807, 2.05) is 13.0 Å². The zero-order valence-electron chi connectivity index (χ0n) is 9.57. The maximum absolute atomic E-state index is 12.1. The van der Waals surface area contributed by atoms with Crippen molar-refractivity contribution in [2.24, 2.45) is 0 Å². The fraction of sp³-hybridized carbons (Fsp3) is 0.333. The number of amides is 2. The van der Waals surface area contributed by atoms with E-state index in [0.717, 1.165) is 3.57 Å². The minimum Gasteiger partial charge on any atom is -0.380 e. The van der Waals surface area contributed by atoms with Crippen molar-refractivity contribution in [3.63, 3.8) is 0 Å². The highest BCUT2D eigenvalue weighted by molar-refractivity contribution is 14.1. The third-order valence-corrected chi connectivity index (χ3v) is 3.69. The quantitative estimate of drug-likeness (QED) is 0.621. The molecule has 0 radical (unpaired) electrons. The van der Waals surface area contributed by atoms with Gasteiger partial charge in [0, 0.05) is 10.7 Å². The first-order chi connectivity index (χ1) is 8.06. The molecule has 0 saturated carbocycles. The van der Waals surface area contributed by atoms with Gasteiger partial charge in [-0.3, -0.25) is 14.5 Å². The van der Waals surface area contributed by atoms with E-state index < -0.39 is 0 Å². The molecule has 1 heterocycles. The van der Waals surface area contributed by atoms with E-state index in [0.29, 0.717) is 17.7 Å². The molecule has 1 atom stereocenters. The van der Waals surface area contributed by atoms with E-state index >= 15 is 0 Å². The van der Waals surface area contributed by atoms with E-state index in [2.05, 4.69) is 22.6 Å². The normalized spacial score (nSPS) is 16.3. The Morgan fingerprint density at radius 1 is 1.35 bits per heavy atom. The molecule has 1 aromatic rings. The van der Waals surface area contributed by atoms with Crippen LogP contribution in [0.2, 0.25) is 0 Å². The standard InChI is InChI=1S/C12H12INO3/c1-7(17-2)6-14-11(15)8-4-3-5-9(13)10(8)12(14)16/h3-5,7H,6H2,1-2H3. The third-order valence-electron chi connectivity index (χ3n) is 2.79. The lowest BCUT2D eigenvalue weighted by atomic mass is 10.1. The van der Waals surface area contributed by atoms with Crippen molar-refractivity contribution in [3.8, 4) is 0 Å². The average molecular weight is 345 g/mol. The van der Waals surface area contributed by atoms with Crippen LogP contribution in [0.25, 0.3) is 0 Å². The molecule has 17 heavy (non-hydrogen) atoms. The highest BCUT2D eigenvalue weighted by Crippen LogP contribution is 2.27. The van der Waals surface area contributed by atoms with Crippen LogP contribution < -0.4 is 0 Å². The van der Waals surface area contributed by atoms with Gasteiger partial charge in [-0.15, -0.1) is 0 Å². The highest BCUT2D eigenvalue weighted by Gasteiger charge is 2.37. The maximum atomic E-state index is 12.1. The number of halogens is 1. The molecule has 4 nitrogen and oxygen atoms in total. The van der Waals surface area contributed by atoms with Crippen LogP contribution in [0, 0.1) is 3.57 Å². The summed E-state index contributed by atoms with van der Waals surface area (Å²) < 4.78 is 5.90. The summed E-state index contributed by atoms with van der Waals surface area (Å²) in [5, 5.41) is 0. The van der Waals surface area contributed by atoms with Gasteiger partial charge in [0.25, 0.3) is 11.8 Å². The van der Waals surface area contributed by atoms with Gasteiger partial charge >= 0.3 is 0 Å². The number of carbonyl (C=O) groups excluding carboxylic acids is 2. The summed E-state index contributed by atoms with van der Waals surface area (Å²) in [7, 11) is 1.56. The Morgan fingerprint density at radius 2 is 2.06 bits per heavy atom. The van der Waals surface area contributed by atoms with Crippen LogP contribution in [0.4, 0.5) is 0 Å². The van der Waals surface area contributed by atoms with Gasteiger partial charge in [0.2, 0.25) is 0 Å². The predicted octanol–water partition coefficient (Wildman–Crippen LogP) is 1.92. The van der Waals surface area contributed by atoms with Crippen molar-refractivity contribution in [1.82, 2.24) is 4.90 Å². The van der Waals surface area contributed by atoms with Crippen molar-refractivity contribution in [2.45, 2.75) is 13.0 Å². The Morgan fingerprint density at radius 3 is 2.65 bits per heavy atom. The second-order valence-corrected chi connectivity index (χ2v) is 5.09. The van der Waals surface area contributed by atoms with Crippen LogP contribution in [0.3, 0.4) is 0 Å². The van der Waals surface area contributed by atoms with Gasteiger partial charge in [0.1, 0.15) is 0 Å². The summed E-state index contributed by atoms with van der Waals surface area (Å²) in [6, 6.07) is 5.30. The molecule has 2 rings (SSSR count). The average Bonchev–Trinajstić information content (AvgIpc) is 2.55. The Kier molecular flexibility index (Phi) is 3.48. The number of ether oxygens (including phenoxy) is 1. The number of hydrogen-bond donors (Lipinski definition) is 0. The Balaban J connectivity index is 2.36. The maximum Gasteiger partial charge on any atom is 0.262 e. The van der Waals surface area contributed by atoms with Crippen molar-refractivity contribution in [2.75, 3.05) is 13.7 Å². The molecule has 0 bridgehead atoms. The Labute approximate surface area is 113 Å². The largest absolute Gasteiger partial charge is 0.380 e. The lowest BCUT2D eigenvalue weighted by Gasteiger charge is -2.17. The topological polar surface area (TPSA) is 46.6 Å². The summed E-state index contributed by atoms with van der Waals surface area (Å²) >= 11 is 2.07. The predicted molar refractivity (Wildman–Crippen MR) is 71.0 cm³/mol. The molecule has 0 spiro atoms. The zero-order chi connectivity index (χ0) is 12.6. The number of imide groups is 1. The summed E-state index contributed by atoms with van der Waals surface area (Å²) in [5.41, 5.74) is 1.01. The molecule has 0 N–H and O–H groups in total. The molecular formula is C12H12INO3. The number of rotatable bonds is 3. The number of hydrogen-bond acceptors (Lipinski definition) is 3. The Hall–Kier alpha value is -0.950. The van der Waals surface area contributed by atoms with E-state index in [1.165, 1.54) is 4.90 Å². The second kappa shape index (κ2) is 4.73. The van der Waals surface area contributed by atoms with Gasteiger partial charge in [-0.25, -0.2) is 0 Å². The van der Waals surface area contributed by atoms with Crippen molar-refractivity contribution >= 4 is 34.4 Å². The van der Waals surface area contributed by atoms with Crippen LogP contribution >= 0.6 is 22.6 Å². The molecule has 90 valence electrons. The second-order valence-electron chi connectivity index (χ2n) is 3.93. The van der Waals surface area contributed by atoms with Crippen LogP contribution in [0.1, 0.15) is 27.6 Å². The van der Waals surface area contributed by atoms with Crippen LogP contribution in [0.15, 0.2) is 18.2 Å². The minimum atomic E-state index is -0.229. The SMILES string of the molecule is COC(C)CN1C(=O)c2cccc(I)c2C1=O. The third kappa shape index (κ3) is 2.09. The molecule has 1 aromatic carbocycles. The summed E-state index contributed by atoms with van der Waals surface area (Å²) in [6.45, 7) is 2.12. The number of carbonyl (C=O) groups is 2. The number of benzene rings is 1. The smallest absolute Gasteiger partial charge is 0.262 e. The molecule has 0 aliphatic carbocycles. The first kappa shape index (κ1) is 12.5. The van der Waals surface area contributed by atoms with E-state index in [9.17, 15) is 9.59 Å². The fourth-order valence-electron chi connectivity index (χ4n) is 1.79. The summed E-state index contributed by atoms with van der Waals surface area (Å²) in [5.74, 6) is -0.452. The molecule has 1 aliphatic rings. The first-order valence-electron chi connectivity index (χ1n) is 5.23. The van der Waals surface area contributed by atoms with Crippen LogP contribution in [-0.2, 0) is 4.74 Å². The molecule has 2 amide bonds. The summed E-state index contributed by atoms with van der Waals surface area (Å²) in [6.07, 6.45) is -0.158.